The molecule has 0 aliphatic heterocycles. The Labute approximate surface area is 82.0 Å². The van der Waals surface area contributed by atoms with E-state index in [1.54, 1.807) is 0 Å². The smallest absolute Gasteiger partial charge is 0.251 e. The summed E-state index contributed by atoms with van der Waals surface area (Å²) in [7, 11) is 0. The Hall–Kier alpha value is -0.540. The SMILES string of the molecule is CCCCC=CC(CCF)C(F)(F)F. The number of allylic oxidation sites excluding steroid dienone is 2. The van der Waals surface area contributed by atoms with E-state index in [1.807, 2.05) is 6.92 Å². The van der Waals surface area contributed by atoms with E-state index in [1.165, 1.54) is 6.08 Å². The monoisotopic (exact) mass is 212 g/mol. The van der Waals surface area contributed by atoms with E-state index >= 15 is 0 Å². The lowest BCUT2D eigenvalue weighted by Crippen LogP contribution is -2.21. The summed E-state index contributed by atoms with van der Waals surface area (Å²) in [5.41, 5.74) is 0. The number of alkyl halides is 4. The summed E-state index contributed by atoms with van der Waals surface area (Å²) in [6.45, 7) is 1.04. The second-order valence-electron chi connectivity index (χ2n) is 3.20. The van der Waals surface area contributed by atoms with Crippen molar-refractivity contribution in [3.8, 4) is 0 Å². The summed E-state index contributed by atoms with van der Waals surface area (Å²) >= 11 is 0. The van der Waals surface area contributed by atoms with Crippen LogP contribution in [0.3, 0.4) is 0 Å². The van der Waals surface area contributed by atoms with Gasteiger partial charge in [-0.2, -0.15) is 13.2 Å². The van der Waals surface area contributed by atoms with Gasteiger partial charge in [-0.1, -0.05) is 31.9 Å². The van der Waals surface area contributed by atoms with Crippen molar-refractivity contribution in [2.45, 2.75) is 38.8 Å². The lowest BCUT2D eigenvalue weighted by molar-refractivity contribution is -0.163. The van der Waals surface area contributed by atoms with E-state index in [2.05, 4.69) is 0 Å². The molecule has 0 aliphatic carbocycles. The van der Waals surface area contributed by atoms with Crippen LogP contribution in [-0.4, -0.2) is 12.9 Å². The minimum Gasteiger partial charge on any atom is -0.251 e. The van der Waals surface area contributed by atoms with Gasteiger partial charge in [0.25, 0.3) is 0 Å². The Balaban J connectivity index is 4.02. The molecule has 84 valence electrons. The molecule has 14 heavy (non-hydrogen) atoms. The lowest BCUT2D eigenvalue weighted by atomic mass is 10.0. The lowest BCUT2D eigenvalue weighted by Gasteiger charge is -2.14. The first kappa shape index (κ1) is 13.5. The average molecular weight is 212 g/mol. The van der Waals surface area contributed by atoms with Crippen LogP contribution in [0.15, 0.2) is 12.2 Å². The summed E-state index contributed by atoms with van der Waals surface area (Å²) in [4.78, 5) is 0. The molecule has 0 fully saturated rings. The Kier molecular flexibility index (Phi) is 6.58. The molecule has 0 rings (SSSR count). The fourth-order valence-corrected chi connectivity index (χ4v) is 1.07. The summed E-state index contributed by atoms with van der Waals surface area (Å²) in [6, 6.07) is 0. The maximum Gasteiger partial charge on any atom is 0.395 e. The predicted molar refractivity (Wildman–Crippen MR) is 48.8 cm³/mol. The minimum atomic E-state index is -4.31. The van der Waals surface area contributed by atoms with Crippen LogP contribution in [0, 0.1) is 5.92 Å². The van der Waals surface area contributed by atoms with Crippen molar-refractivity contribution in [3.63, 3.8) is 0 Å². The third-order valence-electron chi connectivity index (χ3n) is 1.93. The number of unbranched alkanes of at least 4 members (excludes halogenated alkanes) is 2. The first-order valence-corrected chi connectivity index (χ1v) is 4.81. The van der Waals surface area contributed by atoms with E-state index in [0.29, 0.717) is 6.42 Å². The fourth-order valence-electron chi connectivity index (χ4n) is 1.07. The van der Waals surface area contributed by atoms with Crippen LogP contribution in [0.4, 0.5) is 17.6 Å². The number of hydrogen-bond acceptors (Lipinski definition) is 0. The van der Waals surface area contributed by atoms with Crippen LogP contribution in [-0.2, 0) is 0 Å². The molecule has 0 saturated heterocycles. The first-order valence-electron chi connectivity index (χ1n) is 4.81. The molecule has 0 aromatic heterocycles. The summed E-state index contributed by atoms with van der Waals surface area (Å²) < 4.78 is 48.4. The van der Waals surface area contributed by atoms with Gasteiger partial charge in [-0.15, -0.1) is 0 Å². The molecule has 1 unspecified atom stereocenters. The molecule has 0 heterocycles. The highest BCUT2D eigenvalue weighted by molar-refractivity contribution is 4.91. The van der Waals surface area contributed by atoms with Gasteiger partial charge in [0.05, 0.1) is 12.6 Å². The van der Waals surface area contributed by atoms with E-state index in [9.17, 15) is 17.6 Å². The molecule has 0 aromatic rings. The van der Waals surface area contributed by atoms with Crippen molar-refractivity contribution in [2.75, 3.05) is 6.67 Å². The number of halogens is 4. The van der Waals surface area contributed by atoms with Gasteiger partial charge >= 0.3 is 6.18 Å². The van der Waals surface area contributed by atoms with Gasteiger partial charge in [0.2, 0.25) is 0 Å². The van der Waals surface area contributed by atoms with Crippen LogP contribution in [0.5, 0.6) is 0 Å². The third-order valence-corrected chi connectivity index (χ3v) is 1.93. The fraction of sp³-hybridized carbons (Fsp3) is 0.800. The van der Waals surface area contributed by atoms with Crippen molar-refractivity contribution in [2.24, 2.45) is 5.92 Å². The van der Waals surface area contributed by atoms with E-state index in [0.717, 1.165) is 18.9 Å². The highest BCUT2D eigenvalue weighted by Crippen LogP contribution is 2.30. The molecule has 0 amide bonds. The first-order chi connectivity index (χ1) is 6.52. The quantitative estimate of drug-likeness (QED) is 0.350. The van der Waals surface area contributed by atoms with E-state index in [-0.39, 0.29) is 0 Å². The Morgan fingerprint density at radius 1 is 1.29 bits per heavy atom. The van der Waals surface area contributed by atoms with Crippen molar-refractivity contribution < 1.29 is 17.6 Å². The van der Waals surface area contributed by atoms with Gasteiger partial charge in [0, 0.05) is 0 Å². The standard InChI is InChI=1S/C10H16F4/c1-2-3-4-5-6-9(7-8-11)10(12,13)14/h5-6,9H,2-4,7-8H2,1H3. The second kappa shape index (κ2) is 6.85. The Bertz CT molecular complexity index is 160. The van der Waals surface area contributed by atoms with Gasteiger partial charge in [-0.25, -0.2) is 0 Å². The normalized spacial score (nSPS) is 14.9. The molecule has 1 atom stereocenters. The molecule has 0 saturated carbocycles. The summed E-state index contributed by atoms with van der Waals surface area (Å²) in [5, 5.41) is 0. The van der Waals surface area contributed by atoms with E-state index in [4.69, 9.17) is 0 Å². The molecule has 0 spiro atoms. The van der Waals surface area contributed by atoms with Crippen molar-refractivity contribution in [1.29, 1.82) is 0 Å². The third kappa shape index (κ3) is 6.00. The zero-order valence-electron chi connectivity index (χ0n) is 8.28. The van der Waals surface area contributed by atoms with Crippen LogP contribution >= 0.6 is 0 Å². The van der Waals surface area contributed by atoms with Crippen LogP contribution in [0.25, 0.3) is 0 Å². The Morgan fingerprint density at radius 2 is 1.93 bits per heavy atom. The second-order valence-corrected chi connectivity index (χ2v) is 3.20. The topological polar surface area (TPSA) is 0 Å². The van der Waals surface area contributed by atoms with Gasteiger partial charge in [0.15, 0.2) is 0 Å². The molecule has 0 N–H and O–H groups in total. The molecule has 0 aromatic carbocycles. The maximum atomic E-state index is 12.2. The van der Waals surface area contributed by atoms with Gasteiger partial charge in [-0.3, -0.25) is 4.39 Å². The summed E-state index contributed by atoms with van der Waals surface area (Å²) in [5.74, 6) is -1.62. The molecular weight excluding hydrogens is 196 g/mol. The van der Waals surface area contributed by atoms with Gasteiger partial charge in [0.1, 0.15) is 0 Å². The maximum absolute atomic E-state index is 12.2. The minimum absolute atomic E-state index is 0.466. The molecule has 0 nitrogen and oxygen atoms in total. The van der Waals surface area contributed by atoms with Crippen LogP contribution < -0.4 is 0 Å². The highest BCUT2D eigenvalue weighted by atomic mass is 19.4. The number of hydrogen-bond donors (Lipinski definition) is 0. The average Bonchev–Trinajstić information content (AvgIpc) is 2.08. The Morgan fingerprint density at radius 3 is 2.36 bits per heavy atom. The van der Waals surface area contributed by atoms with Crippen molar-refractivity contribution in [3.05, 3.63) is 12.2 Å². The molecule has 4 heteroatoms. The highest BCUT2D eigenvalue weighted by Gasteiger charge is 2.36. The van der Waals surface area contributed by atoms with Crippen molar-refractivity contribution >= 4 is 0 Å². The van der Waals surface area contributed by atoms with Crippen LogP contribution in [0.2, 0.25) is 0 Å². The van der Waals surface area contributed by atoms with E-state index < -0.39 is 25.2 Å². The zero-order valence-corrected chi connectivity index (χ0v) is 8.28. The molecule has 0 bridgehead atoms. The molecule has 0 radical (unpaired) electrons. The van der Waals surface area contributed by atoms with Gasteiger partial charge in [-0.05, 0) is 12.8 Å². The van der Waals surface area contributed by atoms with Crippen LogP contribution in [0.1, 0.15) is 32.6 Å². The zero-order chi connectivity index (χ0) is 11.0. The predicted octanol–water partition coefficient (Wildman–Crippen LogP) is 4.27. The van der Waals surface area contributed by atoms with Gasteiger partial charge < -0.3 is 0 Å². The summed E-state index contributed by atoms with van der Waals surface area (Å²) in [6.07, 6.45) is 0.254. The number of rotatable bonds is 6. The largest absolute Gasteiger partial charge is 0.395 e. The van der Waals surface area contributed by atoms with Crippen molar-refractivity contribution in [1.82, 2.24) is 0 Å². The molecular formula is C10H16F4. The molecule has 0 aliphatic rings.